The molecule has 2 aromatic rings. The van der Waals surface area contributed by atoms with Gasteiger partial charge < -0.3 is 10.0 Å². The van der Waals surface area contributed by atoms with Gasteiger partial charge in [0.15, 0.2) is 0 Å². The van der Waals surface area contributed by atoms with E-state index in [1.807, 2.05) is 24.3 Å². The van der Waals surface area contributed by atoms with Crippen LogP contribution in [-0.4, -0.2) is 43.9 Å². The summed E-state index contributed by atoms with van der Waals surface area (Å²) in [4.78, 5) is 13.3. The number of rotatable bonds is 2. The maximum atomic E-state index is 11.7. The molecule has 92 valence electrons. The highest BCUT2D eigenvalue weighted by Gasteiger charge is 2.29. The van der Waals surface area contributed by atoms with Crippen molar-refractivity contribution >= 4 is 11.6 Å². The zero-order valence-corrected chi connectivity index (χ0v) is 9.47. The van der Waals surface area contributed by atoms with Crippen LogP contribution in [0.15, 0.2) is 30.6 Å². The van der Waals surface area contributed by atoms with Crippen molar-refractivity contribution < 1.29 is 9.90 Å². The lowest BCUT2D eigenvalue weighted by Gasteiger charge is -2.16. The van der Waals surface area contributed by atoms with Crippen LogP contribution in [0.5, 0.6) is 0 Å². The topological polar surface area (TPSA) is 84.1 Å². The van der Waals surface area contributed by atoms with Gasteiger partial charge in [-0.3, -0.25) is 4.79 Å². The minimum atomic E-state index is -0.589. The second-order valence-electron chi connectivity index (χ2n) is 4.14. The van der Waals surface area contributed by atoms with Crippen LogP contribution in [0.3, 0.4) is 0 Å². The normalized spacial score (nSPS) is 19.5. The standard InChI is InChI=1S/C11H11N5O2/c17-10-5-11(18)15(6-10)8-2-1-3-9(4-8)16-7-12-13-14-16/h1-4,7,10,17H,5-6H2. The molecule has 1 atom stereocenters. The summed E-state index contributed by atoms with van der Waals surface area (Å²) < 4.78 is 1.51. The molecule has 0 radical (unpaired) electrons. The van der Waals surface area contributed by atoms with Crippen LogP contribution in [0.4, 0.5) is 5.69 Å². The molecule has 3 rings (SSSR count). The van der Waals surface area contributed by atoms with Crippen molar-refractivity contribution in [3.8, 4) is 5.69 Å². The minimum Gasteiger partial charge on any atom is -0.391 e. The van der Waals surface area contributed by atoms with Gasteiger partial charge in [0.2, 0.25) is 5.91 Å². The molecule has 0 spiro atoms. The Hall–Kier alpha value is -2.28. The fraction of sp³-hybridized carbons (Fsp3) is 0.273. The van der Waals surface area contributed by atoms with Gasteiger partial charge in [-0.05, 0) is 28.6 Å². The van der Waals surface area contributed by atoms with Gasteiger partial charge in [-0.1, -0.05) is 6.07 Å². The van der Waals surface area contributed by atoms with Gasteiger partial charge in [-0.25, -0.2) is 4.68 Å². The van der Waals surface area contributed by atoms with E-state index >= 15 is 0 Å². The quantitative estimate of drug-likeness (QED) is 0.789. The summed E-state index contributed by atoms with van der Waals surface area (Å²) in [7, 11) is 0. The largest absolute Gasteiger partial charge is 0.391 e. The van der Waals surface area contributed by atoms with E-state index in [2.05, 4.69) is 15.5 Å². The van der Waals surface area contributed by atoms with Crippen molar-refractivity contribution in [2.75, 3.05) is 11.4 Å². The first-order valence-corrected chi connectivity index (χ1v) is 5.56. The smallest absolute Gasteiger partial charge is 0.229 e. The van der Waals surface area contributed by atoms with Crippen molar-refractivity contribution in [1.29, 1.82) is 0 Å². The summed E-state index contributed by atoms with van der Waals surface area (Å²) in [5.41, 5.74) is 1.51. The highest BCUT2D eigenvalue weighted by Crippen LogP contribution is 2.23. The predicted octanol–water partition coefficient (Wildman–Crippen LogP) is -0.240. The average Bonchev–Trinajstić information content (AvgIpc) is 2.99. The monoisotopic (exact) mass is 245 g/mol. The Labute approximate surface area is 103 Å². The first-order chi connectivity index (χ1) is 8.74. The number of aromatic nitrogens is 4. The molecule has 0 saturated carbocycles. The van der Waals surface area contributed by atoms with Gasteiger partial charge in [-0.2, -0.15) is 0 Å². The fourth-order valence-corrected chi connectivity index (χ4v) is 2.02. The summed E-state index contributed by atoms with van der Waals surface area (Å²) in [6, 6.07) is 7.30. The number of tetrazole rings is 1. The third kappa shape index (κ3) is 1.84. The molecule has 1 N–H and O–H groups in total. The molecule has 1 aromatic heterocycles. The molecule has 1 aromatic carbocycles. The van der Waals surface area contributed by atoms with E-state index < -0.39 is 6.10 Å². The molecule has 1 unspecified atom stereocenters. The average molecular weight is 245 g/mol. The van der Waals surface area contributed by atoms with E-state index in [4.69, 9.17) is 0 Å². The molecule has 1 saturated heterocycles. The number of hydrogen-bond donors (Lipinski definition) is 1. The molecule has 7 nitrogen and oxygen atoms in total. The van der Waals surface area contributed by atoms with E-state index in [0.717, 1.165) is 11.4 Å². The number of aliphatic hydroxyl groups excluding tert-OH is 1. The molecule has 18 heavy (non-hydrogen) atoms. The second-order valence-corrected chi connectivity index (χ2v) is 4.14. The Kier molecular flexibility index (Phi) is 2.52. The number of anilines is 1. The summed E-state index contributed by atoms with van der Waals surface area (Å²) in [6.45, 7) is 0.331. The van der Waals surface area contributed by atoms with Crippen LogP contribution in [-0.2, 0) is 4.79 Å². The Balaban J connectivity index is 1.94. The van der Waals surface area contributed by atoms with Crippen LogP contribution in [0.25, 0.3) is 5.69 Å². The maximum Gasteiger partial charge on any atom is 0.229 e. The SMILES string of the molecule is O=C1CC(O)CN1c1cccc(-n2cnnn2)c1. The van der Waals surface area contributed by atoms with Crippen LogP contribution >= 0.6 is 0 Å². The lowest BCUT2D eigenvalue weighted by Crippen LogP contribution is -2.25. The van der Waals surface area contributed by atoms with Crippen LogP contribution in [0, 0.1) is 0 Å². The number of nitrogens with zero attached hydrogens (tertiary/aromatic N) is 5. The molecule has 1 amide bonds. The van der Waals surface area contributed by atoms with E-state index in [-0.39, 0.29) is 12.3 Å². The van der Waals surface area contributed by atoms with E-state index in [9.17, 15) is 9.90 Å². The molecular formula is C11H11N5O2. The molecular weight excluding hydrogens is 234 g/mol. The lowest BCUT2D eigenvalue weighted by atomic mass is 10.2. The van der Waals surface area contributed by atoms with Gasteiger partial charge in [0.1, 0.15) is 6.33 Å². The van der Waals surface area contributed by atoms with Crippen molar-refractivity contribution in [3.63, 3.8) is 0 Å². The zero-order chi connectivity index (χ0) is 12.5. The Morgan fingerprint density at radius 1 is 1.33 bits per heavy atom. The number of carbonyl (C=O) groups is 1. The summed E-state index contributed by atoms with van der Waals surface area (Å²) in [5.74, 6) is -0.0728. The number of β-amino-alcohol motifs (C(OH)–C–C–N with tert-alkyl or cyclic N) is 1. The first-order valence-electron chi connectivity index (χ1n) is 5.56. The van der Waals surface area contributed by atoms with E-state index in [1.54, 1.807) is 4.90 Å². The molecule has 0 bridgehead atoms. The van der Waals surface area contributed by atoms with Crippen molar-refractivity contribution in [1.82, 2.24) is 20.2 Å². The number of aliphatic hydroxyl groups is 1. The molecule has 1 aliphatic rings. The van der Waals surface area contributed by atoms with Crippen LogP contribution in [0.1, 0.15) is 6.42 Å². The van der Waals surface area contributed by atoms with Crippen LogP contribution in [0.2, 0.25) is 0 Å². The Morgan fingerprint density at radius 3 is 2.83 bits per heavy atom. The molecule has 1 aliphatic heterocycles. The molecule has 0 aliphatic carbocycles. The summed E-state index contributed by atoms with van der Waals surface area (Å²) >= 11 is 0. The van der Waals surface area contributed by atoms with Gasteiger partial charge >= 0.3 is 0 Å². The highest BCUT2D eigenvalue weighted by molar-refractivity contribution is 5.96. The van der Waals surface area contributed by atoms with Gasteiger partial charge in [-0.15, -0.1) is 5.10 Å². The second kappa shape index (κ2) is 4.19. The number of amides is 1. The van der Waals surface area contributed by atoms with Gasteiger partial charge in [0.25, 0.3) is 0 Å². The highest BCUT2D eigenvalue weighted by atomic mass is 16.3. The van der Waals surface area contributed by atoms with Gasteiger partial charge in [0.05, 0.1) is 24.8 Å². The molecule has 7 heteroatoms. The van der Waals surface area contributed by atoms with Gasteiger partial charge in [0, 0.05) is 5.69 Å². The van der Waals surface area contributed by atoms with E-state index in [0.29, 0.717) is 6.54 Å². The number of benzene rings is 1. The van der Waals surface area contributed by atoms with Crippen molar-refractivity contribution in [3.05, 3.63) is 30.6 Å². The Bertz CT molecular complexity index is 569. The minimum absolute atomic E-state index is 0.0728. The van der Waals surface area contributed by atoms with Crippen molar-refractivity contribution in [2.45, 2.75) is 12.5 Å². The molecule has 1 fully saturated rings. The maximum absolute atomic E-state index is 11.7. The summed E-state index contributed by atoms with van der Waals surface area (Å²) in [5, 5.41) is 20.4. The number of hydrogen-bond acceptors (Lipinski definition) is 5. The molecule has 2 heterocycles. The Morgan fingerprint density at radius 2 is 2.17 bits per heavy atom. The lowest BCUT2D eigenvalue weighted by molar-refractivity contribution is -0.117. The fourth-order valence-electron chi connectivity index (χ4n) is 2.02. The predicted molar refractivity (Wildman–Crippen MR) is 62.1 cm³/mol. The van der Waals surface area contributed by atoms with E-state index in [1.165, 1.54) is 11.0 Å². The van der Waals surface area contributed by atoms with Crippen molar-refractivity contribution in [2.24, 2.45) is 0 Å². The van der Waals surface area contributed by atoms with Crippen LogP contribution < -0.4 is 4.90 Å². The summed E-state index contributed by atoms with van der Waals surface area (Å²) in [6.07, 6.45) is 1.07. The third-order valence-corrected chi connectivity index (χ3v) is 2.86. The first kappa shape index (κ1) is 10.8. The third-order valence-electron chi connectivity index (χ3n) is 2.86. The zero-order valence-electron chi connectivity index (χ0n) is 9.47. The number of carbonyl (C=O) groups excluding carboxylic acids is 1.